The molecule has 2 nitrogen and oxygen atoms in total. The van der Waals surface area contributed by atoms with Crippen molar-refractivity contribution >= 4 is 49.8 Å². The molecule has 0 radical (unpaired) electrons. The van der Waals surface area contributed by atoms with Crippen molar-refractivity contribution in [3.8, 4) is 0 Å². The van der Waals surface area contributed by atoms with Gasteiger partial charge in [0, 0.05) is 4.47 Å². The summed E-state index contributed by atoms with van der Waals surface area (Å²) in [5.41, 5.74) is 10.1. The zero-order valence-electron chi connectivity index (χ0n) is 14.3. The minimum absolute atomic E-state index is 0.0941. The van der Waals surface area contributed by atoms with Gasteiger partial charge in [-0.2, -0.15) is 0 Å². The first-order chi connectivity index (χ1) is 12.6. The number of thioether (sulfide) groups is 1. The molecule has 2 N–H and O–H groups in total. The van der Waals surface area contributed by atoms with E-state index in [1.165, 1.54) is 11.8 Å². The molecule has 26 heavy (non-hydrogen) atoms. The number of Topliss-reactive ketones (excluding diaryl/α,β-unsaturated/α-hetero) is 1. The lowest BCUT2D eigenvalue weighted by atomic mass is 9.91. The highest BCUT2D eigenvalue weighted by atomic mass is 79.9. The van der Waals surface area contributed by atoms with Crippen molar-refractivity contribution in [1.82, 2.24) is 0 Å². The van der Waals surface area contributed by atoms with Gasteiger partial charge in [0.25, 0.3) is 0 Å². The molecule has 130 valence electrons. The van der Waals surface area contributed by atoms with Crippen molar-refractivity contribution in [1.29, 1.82) is 0 Å². The molecule has 1 atom stereocenters. The zero-order chi connectivity index (χ0) is 18.3. The van der Waals surface area contributed by atoms with E-state index in [-0.39, 0.29) is 11.0 Å². The molecule has 1 aliphatic rings. The van der Waals surface area contributed by atoms with Crippen LogP contribution in [0.3, 0.4) is 0 Å². The van der Waals surface area contributed by atoms with Gasteiger partial charge in [-0.3, -0.25) is 4.79 Å². The van der Waals surface area contributed by atoms with Gasteiger partial charge >= 0.3 is 0 Å². The van der Waals surface area contributed by atoms with Crippen LogP contribution in [0, 0.1) is 0 Å². The highest BCUT2D eigenvalue weighted by Crippen LogP contribution is 2.48. The lowest BCUT2D eigenvalue weighted by molar-refractivity contribution is -0.113. The first kappa shape index (κ1) is 17.4. The molecule has 0 saturated heterocycles. The number of hydrogen-bond donors (Lipinski definition) is 1. The van der Waals surface area contributed by atoms with Crippen LogP contribution in [0.4, 0.5) is 0 Å². The number of rotatable bonds is 3. The third-order valence-corrected chi connectivity index (χ3v) is 6.73. The number of allylic oxidation sites excluding steroid dienone is 1. The quantitative estimate of drug-likeness (QED) is 0.574. The molecule has 4 heteroatoms. The van der Waals surface area contributed by atoms with Crippen molar-refractivity contribution in [2.24, 2.45) is 5.73 Å². The van der Waals surface area contributed by atoms with Crippen molar-refractivity contribution in [2.45, 2.75) is 18.6 Å². The Kier molecular flexibility index (Phi) is 4.63. The van der Waals surface area contributed by atoms with Gasteiger partial charge in [-0.15, -0.1) is 0 Å². The summed E-state index contributed by atoms with van der Waals surface area (Å²) in [5.74, 6) is 0.0941. The zero-order valence-corrected chi connectivity index (χ0v) is 16.7. The monoisotopic (exact) mass is 423 g/mol. The maximum absolute atomic E-state index is 13.4. The lowest BCUT2D eigenvalue weighted by Gasteiger charge is -2.14. The fourth-order valence-corrected chi connectivity index (χ4v) is 5.38. The molecule has 0 fully saturated rings. The summed E-state index contributed by atoms with van der Waals surface area (Å²) in [6, 6.07) is 20.3. The average Bonchev–Trinajstić information content (AvgIpc) is 2.95. The van der Waals surface area contributed by atoms with E-state index in [0.29, 0.717) is 10.6 Å². The lowest BCUT2D eigenvalue weighted by Crippen LogP contribution is -2.09. The smallest absolute Gasteiger partial charge is 0.183 e. The second-order valence-corrected chi connectivity index (χ2v) is 8.29. The fourth-order valence-electron chi connectivity index (χ4n) is 3.59. The van der Waals surface area contributed by atoms with Gasteiger partial charge in [-0.25, -0.2) is 0 Å². The fraction of sp³-hybridized carbons (Fsp3) is 0.136. The Labute approximate surface area is 165 Å². The summed E-state index contributed by atoms with van der Waals surface area (Å²) in [7, 11) is 0. The first-order valence-corrected chi connectivity index (χ1v) is 10.2. The van der Waals surface area contributed by atoms with E-state index in [0.717, 1.165) is 38.4 Å². The summed E-state index contributed by atoms with van der Waals surface area (Å²) in [6.45, 7) is 2.09. The number of ketones is 1. The van der Waals surface area contributed by atoms with Gasteiger partial charge in [0.2, 0.25) is 0 Å². The van der Waals surface area contributed by atoms with Crippen LogP contribution in [0.15, 0.2) is 70.2 Å². The van der Waals surface area contributed by atoms with Gasteiger partial charge < -0.3 is 5.73 Å². The molecule has 0 aromatic heterocycles. The predicted molar refractivity (Wildman–Crippen MR) is 114 cm³/mol. The van der Waals surface area contributed by atoms with Crippen molar-refractivity contribution < 1.29 is 4.79 Å². The Balaban J connectivity index is 1.81. The highest BCUT2D eigenvalue weighted by molar-refractivity contribution is 9.10. The van der Waals surface area contributed by atoms with Gasteiger partial charge in [0.1, 0.15) is 0 Å². The van der Waals surface area contributed by atoms with E-state index in [9.17, 15) is 4.79 Å². The van der Waals surface area contributed by atoms with E-state index in [2.05, 4.69) is 41.1 Å². The number of hydrogen-bond acceptors (Lipinski definition) is 3. The SMILES string of the molecule is CCc1c(Br)cccc1C1=C(N)SC(c2cccc3ccccc23)C1=O. The normalized spacial score (nSPS) is 17.3. The number of benzene rings is 3. The molecule has 0 spiro atoms. The third kappa shape index (κ3) is 2.78. The van der Waals surface area contributed by atoms with Crippen LogP contribution in [0.1, 0.15) is 28.9 Å². The number of carbonyl (C=O) groups excluding carboxylic acids is 1. The van der Waals surface area contributed by atoms with E-state index in [1.54, 1.807) is 0 Å². The van der Waals surface area contributed by atoms with Crippen LogP contribution in [0.25, 0.3) is 16.3 Å². The maximum atomic E-state index is 13.4. The minimum atomic E-state index is -0.292. The maximum Gasteiger partial charge on any atom is 0.183 e. The number of halogens is 1. The molecule has 0 aliphatic carbocycles. The van der Waals surface area contributed by atoms with Crippen molar-refractivity contribution in [2.75, 3.05) is 0 Å². The molecule has 0 saturated carbocycles. The second-order valence-electron chi connectivity index (χ2n) is 6.29. The third-order valence-electron chi connectivity index (χ3n) is 4.82. The Hall–Kier alpha value is -2.04. The largest absolute Gasteiger partial charge is 0.393 e. The van der Waals surface area contributed by atoms with Gasteiger partial charge in [0.05, 0.1) is 15.9 Å². The van der Waals surface area contributed by atoms with Crippen LogP contribution >= 0.6 is 27.7 Å². The summed E-state index contributed by atoms with van der Waals surface area (Å²) in [4.78, 5) is 13.4. The Morgan fingerprint density at radius 2 is 1.77 bits per heavy atom. The minimum Gasteiger partial charge on any atom is -0.393 e. The van der Waals surface area contributed by atoms with Gasteiger partial charge in [-0.1, -0.05) is 89.2 Å². The number of fused-ring (bicyclic) bond motifs is 1. The second kappa shape index (κ2) is 6.93. The molecule has 3 aromatic rings. The molecule has 0 bridgehead atoms. The predicted octanol–water partition coefficient (Wildman–Crippen LogP) is 5.85. The Morgan fingerprint density at radius 1 is 1.04 bits per heavy atom. The van der Waals surface area contributed by atoms with Crippen LogP contribution in [-0.4, -0.2) is 5.78 Å². The van der Waals surface area contributed by atoms with Crippen LogP contribution < -0.4 is 5.73 Å². The molecule has 1 heterocycles. The standard InChI is InChI=1S/C22H18BrNOS/c1-2-14-16(10-6-12-18(14)23)19-20(25)21(26-22(19)24)17-11-5-8-13-7-3-4-9-15(13)17/h3-12,21H,2,24H2,1H3. The van der Waals surface area contributed by atoms with Crippen molar-refractivity contribution in [3.05, 3.63) is 86.9 Å². The molecule has 1 unspecified atom stereocenters. The van der Waals surface area contributed by atoms with Crippen LogP contribution in [-0.2, 0) is 11.2 Å². The number of nitrogens with two attached hydrogens (primary N) is 1. The Morgan fingerprint density at radius 3 is 2.58 bits per heavy atom. The molecule has 4 rings (SSSR count). The Bertz CT molecular complexity index is 1050. The highest BCUT2D eigenvalue weighted by Gasteiger charge is 2.36. The van der Waals surface area contributed by atoms with Crippen LogP contribution in [0.5, 0.6) is 0 Å². The van der Waals surface area contributed by atoms with Crippen molar-refractivity contribution in [3.63, 3.8) is 0 Å². The van der Waals surface area contributed by atoms with E-state index in [1.807, 2.05) is 42.5 Å². The summed E-state index contributed by atoms with van der Waals surface area (Å²) in [6.07, 6.45) is 0.838. The topological polar surface area (TPSA) is 43.1 Å². The van der Waals surface area contributed by atoms with Gasteiger partial charge in [0.15, 0.2) is 5.78 Å². The summed E-state index contributed by atoms with van der Waals surface area (Å²) in [5, 5.41) is 2.57. The molecular weight excluding hydrogens is 406 g/mol. The molecular formula is C22H18BrNOS. The van der Waals surface area contributed by atoms with Crippen LogP contribution in [0.2, 0.25) is 0 Å². The van der Waals surface area contributed by atoms with E-state index in [4.69, 9.17) is 5.73 Å². The van der Waals surface area contributed by atoms with E-state index >= 15 is 0 Å². The summed E-state index contributed by atoms with van der Waals surface area (Å²) >= 11 is 5.07. The van der Waals surface area contributed by atoms with E-state index < -0.39 is 0 Å². The summed E-state index contributed by atoms with van der Waals surface area (Å²) < 4.78 is 1.02. The molecule has 1 aliphatic heterocycles. The molecule has 3 aromatic carbocycles. The van der Waals surface area contributed by atoms with Gasteiger partial charge in [-0.05, 0) is 39.9 Å². The number of carbonyl (C=O) groups is 1. The average molecular weight is 424 g/mol. The first-order valence-electron chi connectivity index (χ1n) is 8.58. The molecule has 0 amide bonds.